The van der Waals surface area contributed by atoms with Crippen LogP contribution in [0.25, 0.3) is 0 Å². The maximum absolute atomic E-state index is 12.6. The predicted molar refractivity (Wildman–Crippen MR) is 98.8 cm³/mol. The van der Waals surface area contributed by atoms with Crippen molar-refractivity contribution in [2.45, 2.75) is 38.2 Å². The number of morpholine rings is 1. The van der Waals surface area contributed by atoms with Crippen LogP contribution in [0.15, 0.2) is 36.7 Å². The van der Waals surface area contributed by atoms with Crippen LogP contribution in [0.5, 0.6) is 0 Å². The summed E-state index contributed by atoms with van der Waals surface area (Å²) in [6.45, 7) is 3.42. The minimum atomic E-state index is -0.715. The molecular weight excluding hydrogens is 330 g/mol. The van der Waals surface area contributed by atoms with Gasteiger partial charge in [-0.1, -0.05) is 29.8 Å². The molecule has 3 rings (SSSR count). The average Bonchev–Trinajstić information content (AvgIpc) is 3.17. The van der Waals surface area contributed by atoms with Crippen LogP contribution in [0.4, 0.5) is 0 Å². The van der Waals surface area contributed by atoms with Gasteiger partial charge in [-0.25, -0.2) is 0 Å². The number of rotatable bonds is 7. The minimum absolute atomic E-state index is 0.0975. The molecule has 0 aliphatic carbocycles. The van der Waals surface area contributed by atoms with E-state index < -0.39 is 5.60 Å². The molecule has 0 spiro atoms. The number of aromatic nitrogens is 2. The van der Waals surface area contributed by atoms with Crippen molar-refractivity contribution in [2.24, 2.45) is 0 Å². The Labute approximate surface area is 154 Å². The molecule has 1 aliphatic rings. The Hall–Kier alpha value is -2.18. The molecule has 1 atom stereocenters. The number of benzene rings is 1. The third-order valence-electron chi connectivity index (χ3n) is 4.95. The van der Waals surface area contributed by atoms with Crippen LogP contribution in [-0.2, 0) is 22.4 Å². The van der Waals surface area contributed by atoms with Gasteiger partial charge in [0.15, 0.2) is 0 Å². The maximum Gasteiger partial charge on any atom is 0.222 e. The maximum atomic E-state index is 12.6. The lowest BCUT2D eigenvalue weighted by molar-refractivity contribution is -0.158. The van der Waals surface area contributed by atoms with Crippen LogP contribution in [0, 0.1) is 6.92 Å². The first-order chi connectivity index (χ1) is 12.6. The summed E-state index contributed by atoms with van der Waals surface area (Å²) in [5.41, 5.74) is 2.71. The fourth-order valence-electron chi connectivity index (χ4n) is 3.41. The van der Waals surface area contributed by atoms with E-state index in [4.69, 9.17) is 4.74 Å². The second-order valence-corrected chi connectivity index (χ2v) is 7.13. The zero-order chi connectivity index (χ0) is 18.4. The van der Waals surface area contributed by atoms with Crippen LogP contribution in [0.3, 0.4) is 0 Å². The van der Waals surface area contributed by atoms with E-state index in [9.17, 15) is 9.90 Å². The molecule has 6 nitrogen and oxygen atoms in total. The molecule has 2 aromatic rings. The molecule has 2 N–H and O–H groups in total. The topological polar surface area (TPSA) is 78.5 Å². The van der Waals surface area contributed by atoms with Gasteiger partial charge in [0, 0.05) is 25.6 Å². The number of carbonyl (C=O) groups is 1. The molecule has 26 heavy (non-hydrogen) atoms. The zero-order valence-corrected chi connectivity index (χ0v) is 15.3. The van der Waals surface area contributed by atoms with Crippen molar-refractivity contribution in [1.82, 2.24) is 15.1 Å². The number of hydrogen-bond donors (Lipinski definition) is 2. The van der Waals surface area contributed by atoms with E-state index in [1.807, 2.05) is 18.0 Å². The molecule has 0 radical (unpaired) electrons. The molecule has 1 aromatic heterocycles. The number of aryl methyl sites for hydroxylation is 2. The number of ether oxygens (including phenoxy) is 1. The van der Waals surface area contributed by atoms with E-state index >= 15 is 0 Å². The fourth-order valence-corrected chi connectivity index (χ4v) is 3.41. The summed E-state index contributed by atoms with van der Waals surface area (Å²) >= 11 is 0. The van der Waals surface area contributed by atoms with Crippen molar-refractivity contribution >= 4 is 5.91 Å². The Morgan fingerprint density at radius 3 is 2.85 bits per heavy atom. The van der Waals surface area contributed by atoms with Gasteiger partial charge in [-0.2, -0.15) is 5.10 Å². The van der Waals surface area contributed by atoms with Crippen molar-refractivity contribution in [1.29, 1.82) is 0 Å². The van der Waals surface area contributed by atoms with Gasteiger partial charge in [0.25, 0.3) is 0 Å². The summed E-state index contributed by atoms with van der Waals surface area (Å²) in [7, 11) is 0. The second-order valence-electron chi connectivity index (χ2n) is 7.13. The highest BCUT2D eigenvalue weighted by Crippen LogP contribution is 2.24. The number of aromatic amines is 1. The smallest absolute Gasteiger partial charge is 0.222 e. The summed E-state index contributed by atoms with van der Waals surface area (Å²) in [6, 6.07) is 8.23. The van der Waals surface area contributed by atoms with Crippen LogP contribution in [-0.4, -0.2) is 58.0 Å². The Balaban J connectivity index is 1.57. The number of nitrogens with zero attached hydrogens (tertiary/aromatic N) is 2. The first-order valence-corrected chi connectivity index (χ1v) is 9.16. The monoisotopic (exact) mass is 357 g/mol. The number of amides is 1. The second kappa shape index (κ2) is 8.47. The number of hydrogen-bond acceptors (Lipinski definition) is 4. The standard InChI is InChI=1S/C20H27N3O3/c1-16-5-7-17(8-6-16)11-20(15-24)14-23(9-10-26-20)19(25)4-2-3-18-12-21-22-13-18/h5-8,12-13,24H,2-4,9-11,14-15H2,1H3,(H,21,22)/t20-/m0/s1. The van der Waals surface area contributed by atoms with Gasteiger partial charge in [0.05, 0.1) is 26.0 Å². The van der Waals surface area contributed by atoms with Crippen molar-refractivity contribution in [3.63, 3.8) is 0 Å². The fraction of sp³-hybridized carbons (Fsp3) is 0.500. The van der Waals surface area contributed by atoms with Crippen LogP contribution < -0.4 is 0 Å². The molecule has 0 bridgehead atoms. The number of nitrogens with one attached hydrogen (secondary N) is 1. The van der Waals surface area contributed by atoms with E-state index in [1.165, 1.54) is 5.56 Å². The van der Waals surface area contributed by atoms with Gasteiger partial charge < -0.3 is 14.7 Å². The third-order valence-corrected chi connectivity index (χ3v) is 4.95. The summed E-state index contributed by atoms with van der Waals surface area (Å²) in [5, 5.41) is 16.7. The van der Waals surface area contributed by atoms with E-state index in [0.717, 1.165) is 24.0 Å². The molecule has 140 valence electrons. The van der Waals surface area contributed by atoms with E-state index in [2.05, 4.69) is 34.5 Å². The van der Waals surface area contributed by atoms with Crippen LogP contribution >= 0.6 is 0 Å². The van der Waals surface area contributed by atoms with Gasteiger partial charge in [-0.3, -0.25) is 9.89 Å². The number of aliphatic hydroxyl groups excluding tert-OH is 1. The summed E-state index contributed by atoms with van der Waals surface area (Å²) in [5.74, 6) is 0.124. The molecule has 1 aromatic carbocycles. The molecule has 1 saturated heterocycles. The van der Waals surface area contributed by atoms with Gasteiger partial charge in [0.2, 0.25) is 5.91 Å². The largest absolute Gasteiger partial charge is 0.393 e. The van der Waals surface area contributed by atoms with Gasteiger partial charge in [-0.15, -0.1) is 0 Å². The van der Waals surface area contributed by atoms with Gasteiger partial charge in [-0.05, 0) is 30.9 Å². The summed E-state index contributed by atoms with van der Waals surface area (Å²) in [4.78, 5) is 14.4. The Morgan fingerprint density at radius 2 is 2.15 bits per heavy atom. The number of aliphatic hydroxyl groups is 1. The lowest BCUT2D eigenvalue weighted by atomic mass is 9.92. The van der Waals surface area contributed by atoms with E-state index in [0.29, 0.717) is 32.5 Å². The number of carbonyl (C=O) groups excluding carboxylic acids is 1. The molecule has 1 amide bonds. The third kappa shape index (κ3) is 4.71. The van der Waals surface area contributed by atoms with Crippen molar-refractivity contribution in [3.8, 4) is 0 Å². The molecule has 1 fully saturated rings. The molecule has 2 heterocycles. The molecule has 0 saturated carbocycles. The minimum Gasteiger partial charge on any atom is -0.393 e. The van der Waals surface area contributed by atoms with Gasteiger partial charge in [0.1, 0.15) is 5.60 Å². The Morgan fingerprint density at radius 1 is 1.35 bits per heavy atom. The van der Waals surface area contributed by atoms with E-state index in [-0.39, 0.29) is 12.5 Å². The summed E-state index contributed by atoms with van der Waals surface area (Å²) in [6.07, 6.45) is 6.37. The highest BCUT2D eigenvalue weighted by Gasteiger charge is 2.37. The molecular formula is C20H27N3O3. The quantitative estimate of drug-likeness (QED) is 0.793. The highest BCUT2D eigenvalue weighted by molar-refractivity contribution is 5.76. The molecule has 0 unspecified atom stereocenters. The molecule has 6 heteroatoms. The predicted octanol–water partition coefficient (Wildman–Crippen LogP) is 1.87. The summed E-state index contributed by atoms with van der Waals surface area (Å²) < 4.78 is 5.94. The SMILES string of the molecule is Cc1ccc(C[C@@]2(CO)CN(C(=O)CCCc3cn[nH]c3)CCO2)cc1. The van der Waals surface area contributed by atoms with Crippen molar-refractivity contribution in [2.75, 3.05) is 26.3 Å². The highest BCUT2D eigenvalue weighted by atomic mass is 16.5. The lowest BCUT2D eigenvalue weighted by Gasteiger charge is -2.42. The van der Waals surface area contributed by atoms with Crippen LogP contribution in [0.1, 0.15) is 29.5 Å². The first kappa shape index (κ1) is 18.6. The van der Waals surface area contributed by atoms with Crippen molar-refractivity contribution < 1.29 is 14.6 Å². The lowest BCUT2D eigenvalue weighted by Crippen LogP contribution is -2.56. The first-order valence-electron chi connectivity index (χ1n) is 9.16. The van der Waals surface area contributed by atoms with E-state index in [1.54, 1.807) is 6.20 Å². The Bertz CT molecular complexity index is 700. The Kier molecular flexibility index (Phi) is 6.06. The van der Waals surface area contributed by atoms with Crippen LogP contribution in [0.2, 0.25) is 0 Å². The number of H-pyrrole nitrogens is 1. The normalized spacial score (nSPS) is 20.3. The molecule has 1 aliphatic heterocycles. The zero-order valence-electron chi connectivity index (χ0n) is 15.3. The van der Waals surface area contributed by atoms with Gasteiger partial charge >= 0.3 is 0 Å². The van der Waals surface area contributed by atoms with Crippen molar-refractivity contribution in [3.05, 3.63) is 53.3 Å². The average molecular weight is 357 g/mol.